The Morgan fingerprint density at radius 3 is 2.87 bits per heavy atom. The SMILES string of the molecule is Cc1ccc2cc(/C=C(\C#N)C(=O)c3cccs3)c(Cl)nc2c1. The lowest BCUT2D eigenvalue weighted by Crippen LogP contribution is -1.99. The van der Waals surface area contributed by atoms with Crippen LogP contribution in [-0.4, -0.2) is 10.8 Å². The summed E-state index contributed by atoms with van der Waals surface area (Å²) >= 11 is 7.52. The van der Waals surface area contributed by atoms with E-state index in [0.717, 1.165) is 16.5 Å². The predicted molar refractivity (Wildman–Crippen MR) is 93.7 cm³/mol. The first-order valence-corrected chi connectivity index (χ1v) is 8.11. The molecular weight excluding hydrogens is 328 g/mol. The van der Waals surface area contributed by atoms with Gasteiger partial charge in [0.2, 0.25) is 5.78 Å². The highest BCUT2D eigenvalue weighted by atomic mass is 35.5. The van der Waals surface area contributed by atoms with Crippen LogP contribution in [0, 0.1) is 18.3 Å². The van der Waals surface area contributed by atoms with Crippen LogP contribution in [0.1, 0.15) is 20.8 Å². The molecule has 0 atom stereocenters. The van der Waals surface area contributed by atoms with Gasteiger partial charge in [-0.25, -0.2) is 4.98 Å². The first-order chi connectivity index (χ1) is 11.1. The van der Waals surface area contributed by atoms with Crippen LogP contribution in [0.2, 0.25) is 5.15 Å². The average Bonchev–Trinajstić information content (AvgIpc) is 3.06. The molecule has 0 aliphatic carbocycles. The van der Waals surface area contributed by atoms with Gasteiger partial charge in [0.15, 0.2) is 0 Å². The Hall–Kier alpha value is -2.48. The van der Waals surface area contributed by atoms with Crippen molar-refractivity contribution >= 4 is 45.7 Å². The Labute approximate surface area is 142 Å². The lowest BCUT2D eigenvalue weighted by molar-refractivity contribution is 0.104. The van der Waals surface area contributed by atoms with E-state index in [2.05, 4.69) is 4.98 Å². The molecule has 0 N–H and O–H groups in total. The Morgan fingerprint density at radius 1 is 1.35 bits per heavy atom. The molecule has 1 aromatic carbocycles. The molecule has 3 aromatic rings. The molecule has 2 aromatic heterocycles. The molecule has 0 amide bonds. The smallest absolute Gasteiger partial charge is 0.213 e. The number of carbonyl (C=O) groups is 1. The number of nitrogens with zero attached hydrogens (tertiary/aromatic N) is 2. The van der Waals surface area contributed by atoms with Gasteiger partial charge in [-0.2, -0.15) is 5.26 Å². The van der Waals surface area contributed by atoms with E-state index in [1.807, 2.05) is 37.3 Å². The van der Waals surface area contributed by atoms with Gasteiger partial charge in [0.1, 0.15) is 16.8 Å². The van der Waals surface area contributed by atoms with Crippen molar-refractivity contribution in [2.24, 2.45) is 0 Å². The van der Waals surface area contributed by atoms with Gasteiger partial charge >= 0.3 is 0 Å². The summed E-state index contributed by atoms with van der Waals surface area (Å²) in [5, 5.41) is 12.3. The van der Waals surface area contributed by atoms with E-state index >= 15 is 0 Å². The minimum Gasteiger partial charge on any atom is -0.287 e. The third kappa shape index (κ3) is 3.16. The van der Waals surface area contributed by atoms with Crippen molar-refractivity contribution in [2.75, 3.05) is 0 Å². The average molecular weight is 339 g/mol. The highest BCUT2D eigenvalue weighted by Crippen LogP contribution is 2.24. The number of carbonyl (C=O) groups excluding carboxylic acids is 1. The third-order valence-electron chi connectivity index (χ3n) is 3.36. The number of rotatable bonds is 3. The van der Waals surface area contributed by atoms with Crippen molar-refractivity contribution in [2.45, 2.75) is 6.92 Å². The zero-order valence-corrected chi connectivity index (χ0v) is 13.8. The van der Waals surface area contributed by atoms with Crippen molar-refractivity contribution in [1.29, 1.82) is 5.26 Å². The van der Waals surface area contributed by atoms with Crippen LogP contribution in [0.4, 0.5) is 0 Å². The Morgan fingerprint density at radius 2 is 2.17 bits per heavy atom. The molecule has 0 radical (unpaired) electrons. The predicted octanol–water partition coefficient (Wildman–Crippen LogP) is 5.05. The Bertz CT molecular complexity index is 969. The molecule has 3 rings (SSSR count). The van der Waals surface area contributed by atoms with Crippen LogP contribution in [0.5, 0.6) is 0 Å². The maximum absolute atomic E-state index is 12.3. The van der Waals surface area contributed by atoms with E-state index in [-0.39, 0.29) is 16.5 Å². The molecule has 0 aliphatic heterocycles. The molecule has 112 valence electrons. The molecule has 3 nitrogen and oxygen atoms in total. The fourth-order valence-corrected chi connectivity index (χ4v) is 3.09. The van der Waals surface area contributed by atoms with Gasteiger partial charge in [-0.3, -0.25) is 4.79 Å². The number of hydrogen-bond acceptors (Lipinski definition) is 4. The van der Waals surface area contributed by atoms with E-state index in [9.17, 15) is 10.1 Å². The summed E-state index contributed by atoms with van der Waals surface area (Å²) in [6, 6.07) is 13.1. The fraction of sp³-hybridized carbons (Fsp3) is 0.0556. The maximum Gasteiger partial charge on any atom is 0.213 e. The van der Waals surface area contributed by atoms with E-state index < -0.39 is 0 Å². The second-order valence-electron chi connectivity index (χ2n) is 5.04. The van der Waals surface area contributed by atoms with Gasteiger partial charge in [0, 0.05) is 10.9 Å². The number of thiophene rings is 1. The van der Waals surface area contributed by atoms with Crippen LogP contribution < -0.4 is 0 Å². The number of halogens is 1. The summed E-state index contributed by atoms with van der Waals surface area (Å²) < 4.78 is 0. The Kier molecular flexibility index (Phi) is 4.24. The zero-order chi connectivity index (χ0) is 16.4. The van der Waals surface area contributed by atoms with Gasteiger partial charge < -0.3 is 0 Å². The molecule has 0 saturated carbocycles. The van der Waals surface area contributed by atoms with Crippen molar-refractivity contribution in [3.8, 4) is 6.07 Å². The summed E-state index contributed by atoms with van der Waals surface area (Å²) in [6.45, 7) is 1.98. The standard InChI is InChI=1S/C18H11ClN2OS/c1-11-4-5-12-8-13(18(19)21-15(12)7-11)9-14(10-20)17(22)16-3-2-6-23-16/h2-9H,1H3/b14-9+. The first-order valence-electron chi connectivity index (χ1n) is 6.85. The lowest BCUT2D eigenvalue weighted by Gasteiger charge is -2.04. The zero-order valence-electron chi connectivity index (χ0n) is 12.2. The second-order valence-corrected chi connectivity index (χ2v) is 6.35. The Balaban J connectivity index is 2.08. The number of aromatic nitrogens is 1. The van der Waals surface area contributed by atoms with E-state index in [1.165, 1.54) is 17.4 Å². The second kappa shape index (κ2) is 6.33. The quantitative estimate of drug-likeness (QED) is 0.290. The fourth-order valence-electron chi connectivity index (χ4n) is 2.22. The molecule has 23 heavy (non-hydrogen) atoms. The van der Waals surface area contributed by atoms with Gasteiger partial charge in [-0.1, -0.05) is 29.8 Å². The molecule has 0 saturated heterocycles. The normalized spacial score (nSPS) is 11.4. The minimum absolute atomic E-state index is 0.0441. The molecule has 0 fully saturated rings. The maximum atomic E-state index is 12.3. The van der Waals surface area contributed by atoms with E-state index in [4.69, 9.17) is 11.6 Å². The van der Waals surface area contributed by atoms with Crippen LogP contribution in [0.3, 0.4) is 0 Å². The number of Topliss-reactive ketones (excluding diaryl/α,β-unsaturated/α-hetero) is 1. The van der Waals surface area contributed by atoms with Crippen molar-refractivity contribution < 1.29 is 4.79 Å². The van der Waals surface area contributed by atoms with Gasteiger partial charge in [-0.05, 0) is 42.1 Å². The molecule has 2 heterocycles. The topological polar surface area (TPSA) is 53.8 Å². The van der Waals surface area contributed by atoms with Crippen LogP contribution in [0.15, 0.2) is 47.4 Å². The number of pyridine rings is 1. The number of aryl methyl sites for hydroxylation is 1. The summed E-state index contributed by atoms with van der Waals surface area (Å²) in [6.07, 6.45) is 1.50. The lowest BCUT2D eigenvalue weighted by atomic mass is 10.1. The summed E-state index contributed by atoms with van der Waals surface area (Å²) in [5.74, 6) is -0.303. The molecule has 0 bridgehead atoms. The van der Waals surface area contributed by atoms with Crippen molar-refractivity contribution in [1.82, 2.24) is 4.98 Å². The number of ketones is 1. The van der Waals surface area contributed by atoms with Gasteiger partial charge in [0.05, 0.1) is 10.4 Å². The van der Waals surface area contributed by atoms with Crippen molar-refractivity contribution in [3.05, 3.63) is 68.5 Å². The molecular formula is C18H11ClN2OS. The number of hydrogen-bond donors (Lipinski definition) is 0. The summed E-state index contributed by atoms with van der Waals surface area (Å²) in [7, 11) is 0. The molecule has 0 spiro atoms. The van der Waals surface area contributed by atoms with Crippen LogP contribution >= 0.6 is 22.9 Å². The largest absolute Gasteiger partial charge is 0.287 e. The number of fused-ring (bicyclic) bond motifs is 1. The van der Waals surface area contributed by atoms with E-state index in [0.29, 0.717) is 10.4 Å². The molecule has 5 heteroatoms. The monoisotopic (exact) mass is 338 g/mol. The van der Waals surface area contributed by atoms with Crippen molar-refractivity contribution in [3.63, 3.8) is 0 Å². The first kappa shape index (κ1) is 15.4. The van der Waals surface area contributed by atoms with Gasteiger partial charge in [-0.15, -0.1) is 11.3 Å². The van der Waals surface area contributed by atoms with Crippen LogP contribution in [0.25, 0.3) is 17.0 Å². The van der Waals surface area contributed by atoms with Gasteiger partial charge in [0.25, 0.3) is 0 Å². The summed E-state index contributed by atoms with van der Waals surface area (Å²) in [5.41, 5.74) is 2.48. The van der Waals surface area contributed by atoms with E-state index in [1.54, 1.807) is 17.5 Å². The number of nitriles is 1. The number of benzene rings is 1. The molecule has 0 unspecified atom stereocenters. The molecule has 0 aliphatic rings. The highest BCUT2D eigenvalue weighted by molar-refractivity contribution is 7.12. The number of allylic oxidation sites excluding steroid dienone is 1. The highest BCUT2D eigenvalue weighted by Gasteiger charge is 2.14. The summed E-state index contributed by atoms with van der Waals surface area (Å²) in [4.78, 5) is 17.2. The third-order valence-corrected chi connectivity index (χ3v) is 4.54. The van der Waals surface area contributed by atoms with Crippen LogP contribution in [-0.2, 0) is 0 Å². The minimum atomic E-state index is -0.303.